The predicted molar refractivity (Wildman–Crippen MR) is 123 cm³/mol. The molecule has 1 fully saturated rings. The van der Waals surface area contributed by atoms with Crippen molar-refractivity contribution < 1.29 is 32.3 Å². The van der Waals surface area contributed by atoms with Crippen molar-refractivity contribution in [1.82, 2.24) is 15.2 Å². The zero-order chi connectivity index (χ0) is 25.7. The van der Waals surface area contributed by atoms with Crippen LogP contribution in [0.2, 0.25) is 0 Å². The average Bonchev–Trinajstić information content (AvgIpc) is 3.12. The van der Waals surface area contributed by atoms with E-state index in [0.717, 1.165) is 22.6 Å². The fraction of sp³-hybridized carbons (Fsp3) is 0.167. The minimum atomic E-state index is -4.85. The summed E-state index contributed by atoms with van der Waals surface area (Å²) < 4.78 is 40.9. The largest absolute Gasteiger partial charge is 0.573 e. The molecule has 2 heterocycles. The van der Waals surface area contributed by atoms with Crippen LogP contribution in [0, 0.1) is 0 Å². The number of nitrogens with one attached hydrogen (secondary N) is 2. The molecule has 0 radical (unpaired) electrons. The summed E-state index contributed by atoms with van der Waals surface area (Å²) in [5, 5.41) is 5.42. The molecule has 5 amide bonds. The molecule has 0 unspecified atom stereocenters. The Morgan fingerprint density at radius 2 is 1.75 bits per heavy atom. The molecule has 4 rings (SSSR count). The molecule has 9 nitrogen and oxygen atoms in total. The van der Waals surface area contributed by atoms with Crippen molar-refractivity contribution >= 4 is 29.3 Å². The lowest BCUT2D eigenvalue weighted by atomic mass is 10.2. The van der Waals surface area contributed by atoms with Gasteiger partial charge in [-0.3, -0.25) is 9.78 Å². The third-order valence-electron chi connectivity index (χ3n) is 5.18. The molecule has 3 aromatic rings. The highest BCUT2D eigenvalue weighted by molar-refractivity contribution is 6.19. The third-order valence-corrected chi connectivity index (χ3v) is 5.18. The minimum Gasteiger partial charge on any atom is -0.406 e. The number of benzene rings is 2. The molecule has 36 heavy (non-hydrogen) atoms. The zero-order valence-corrected chi connectivity index (χ0v) is 18.7. The summed E-state index contributed by atoms with van der Waals surface area (Å²) in [5.74, 6) is -1.02. The predicted octanol–water partition coefficient (Wildman–Crippen LogP) is 4.27. The molecule has 1 aromatic heterocycles. The first-order chi connectivity index (χ1) is 17.2. The van der Waals surface area contributed by atoms with Gasteiger partial charge in [0.05, 0.1) is 24.1 Å². The van der Waals surface area contributed by atoms with Crippen LogP contribution in [-0.4, -0.2) is 40.8 Å². The van der Waals surface area contributed by atoms with Crippen molar-refractivity contribution in [2.75, 3.05) is 16.8 Å². The first-order valence-corrected chi connectivity index (χ1v) is 10.7. The number of anilines is 2. The first-order valence-electron chi connectivity index (χ1n) is 10.7. The van der Waals surface area contributed by atoms with Crippen molar-refractivity contribution in [2.24, 2.45) is 0 Å². The van der Waals surface area contributed by atoms with E-state index in [-0.39, 0.29) is 18.8 Å². The highest BCUT2D eigenvalue weighted by Crippen LogP contribution is 2.28. The number of alkyl halides is 3. The summed E-state index contributed by atoms with van der Waals surface area (Å²) in [7, 11) is 0. The Bertz CT molecular complexity index is 1250. The maximum atomic E-state index is 12.9. The van der Waals surface area contributed by atoms with Gasteiger partial charge in [-0.05, 0) is 41.5 Å². The normalized spacial score (nSPS) is 13.6. The van der Waals surface area contributed by atoms with E-state index in [1.54, 1.807) is 6.07 Å². The van der Waals surface area contributed by atoms with Crippen LogP contribution >= 0.6 is 0 Å². The molecule has 1 aliphatic heterocycles. The number of carbonyl (C=O) groups excluding carboxylic acids is 3. The summed E-state index contributed by atoms with van der Waals surface area (Å²) >= 11 is 0. The van der Waals surface area contributed by atoms with Crippen LogP contribution in [0.5, 0.6) is 5.75 Å². The van der Waals surface area contributed by atoms with Crippen LogP contribution in [0.4, 0.5) is 34.1 Å². The molecule has 0 atom stereocenters. The van der Waals surface area contributed by atoms with Crippen molar-refractivity contribution in [1.29, 1.82) is 0 Å². The molecule has 0 spiro atoms. The number of pyridine rings is 1. The van der Waals surface area contributed by atoms with Gasteiger partial charge in [0.1, 0.15) is 12.3 Å². The van der Waals surface area contributed by atoms with Crippen LogP contribution in [0.25, 0.3) is 0 Å². The third kappa shape index (κ3) is 6.09. The first kappa shape index (κ1) is 24.5. The van der Waals surface area contributed by atoms with E-state index in [9.17, 15) is 27.6 Å². The van der Waals surface area contributed by atoms with Gasteiger partial charge in [-0.2, -0.15) is 0 Å². The summed E-state index contributed by atoms with van der Waals surface area (Å²) in [6.45, 7) is 0.0535. The van der Waals surface area contributed by atoms with Gasteiger partial charge in [0.15, 0.2) is 0 Å². The Morgan fingerprint density at radius 1 is 1.03 bits per heavy atom. The molecule has 1 saturated heterocycles. The molecule has 0 aliphatic carbocycles. The van der Waals surface area contributed by atoms with E-state index in [4.69, 9.17) is 0 Å². The Balaban J connectivity index is 1.41. The summed E-state index contributed by atoms with van der Waals surface area (Å²) in [5.41, 5.74) is 1.92. The number of hydrogen-bond acceptors (Lipinski definition) is 5. The van der Waals surface area contributed by atoms with Gasteiger partial charge < -0.3 is 20.3 Å². The SMILES string of the molecule is O=C(NCc1ccccc1)Nc1cnccc1CN1CC(=O)N(c2ccc(OC(F)(F)F)cc2)C1=O. The molecular formula is C24H20F3N5O4. The van der Waals surface area contributed by atoms with Crippen molar-refractivity contribution in [3.63, 3.8) is 0 Å². The molecule has 2 N–H and O–H groups in total. The van der Waals surface area contributed by atoms with Crippen LogP contribution in [0.1, 0.15) is 11.1 Å². The lowest BCUT2D eigenvalue weighted by molar-refractivity contribution is -0.274. The maximum Gasteiger partial charge on any atom is 0.573 e. The molecule has 186 valence electrons. The van der Waals surface area contributed by atoms with Crippen molar-refractivity contribution in [2.45, 2.75) is 19.5 Å². The molecule has 1 aliphatic rings. The van der Waals surface area contributed by atoms with E-state index in [1.807, 2.05) is 30.3 Å². The maximum absolute atomic E-state index is 12.9. The smallest absolute Gasteiger partial charge is 0.406 e. The second-order valence-electron chi connectivity index (χ2n) is 7.74. The van der Waals surface area contributed by atoms with Crippen molar-refractivity contribution in [3.05, 3.63) is 84.2 Å². The van der Waals surface area contributed by atoms with Gasteiger partial charge in [0.25, 0.3) is 5.91 Å². The molecule has 0 bridgehead atoms. The van der Waals surface area contributed by atoms with E-state index in [1.165, 1.54) is 29.4 Å². The lowest BCUT2D eigenvalue weighted by Crippen LogP contribution is -2.33. The number of rotatable bonds is 7. The lowest BCUT2D eigenvalue weighted by Gasteiger charge is -2.19. The van der Waals surface area contributed by atoms with E-state index in [0.29, 0.717) is 17.8 Å². The highest BCUT2D eigenvalue weighted by atomic mass is 19.4. The number of amides is 5. The van der Waals surface area contributed by atoms with Crippen LogP contribution in [0.15, 0.2) is 73.1 Å². The fourth-order valence-corrected chi connectivity index (χ4v) is 3.55. The minimum absolute atomic E-state index is 0.00679. The second-order valence-corrected chi connectivity index (χ2v) is 7.74. The molecule has 2 aromatic carbocycles. The number of hydrogen-bond donors (Lipinski definition) is 2. The summed E-state index contributed by atoms with van der Waals surface area (Å²) in [6, 6.07) is 14.2. The summed E-state index contributed by atoms with van der Waals surface area (Å²) in [4.78, 5) is 44.0. The molecule has 0 saturated carbocycles. The van der Waals surface area contributed by atoms with Gasteiger partial charge in [-0.1, -0.05) is 30.3 Å². The molecule has 12 heteroatoms. The Hall–Kier alpha value is -4.61. The number of ether oxygens (including phenoxy) is 1. The van der Waals surface area contributed by atoms with E-state index >= 15 is 0 Å². The fourth-order valence-electron chi connectivity index (χ4n) is 3.55. The van der Waals surface area contributed by atoms with Gasteiger partial charge in [0, 0.05) is 12.7 Å². The number of carbonyl (C=O) groups is 3. The average molecular weight is 499 g/mol. The monoisotopic (exact) mass is 499 g/mol. The number of halogens is 3. The summed E-state index contributed by atoms with van der Waals surface area (Å²) in [6.07, 6.45) is -1.94. The number of urea groups is 2. The van der Waals surface area contributed by atoms with E-state index in [2.05, 4.69) is 20.4 Å². The van der Waals surface area contributed by atoms with Crippen LogP contribution in [-0.2, 0) is 17.9 Å². The van der Waals surface area contributed by atoms with Gasteiger partial charge >= 0.3 is 18.4 Å². The van der Waals surface area contributed by atoms with Gasteiger partial charge in [-0.25, -0.2) is 14.5 Å². The zero-order valence-electron chi connectivity index (χ0n) is 18.7. The number of imide groups is 1. The Morgan fingerprint density at radius 3 is 2.44 bits per heavy atom. The van der Waals surface area contributed by atoms with Crippen LogP contribution < -0.4 is 20.3 Å². The topological polar surface area (TPSA) is 104 Å². The van der Waals surface area contributed by atoms with Crippen LogP contribution in [0.3, 0.4) is 0 Å². The number of nitrogens with zero attached hydrogens (tertiary/aromatic N) is 3. The highest BCUT2D eigenvalue weighted by Gasteiger charge is 2.37. The number of aromatic nitrogens is 1. The molecular weight excluding hydrogens is 479 g/mol. The van der Waals surface area contributed by atoms with Crippen molar-refractivity contribution in [3.8, 4) is 5.75 Å². The Kier molecular flexibility index (Phi) is 7.04. The quantitative estimate of drug-likeness (QED) is 0.473. The standard InChI is InChI=1S/C24H20F3N5O4/c25-24(26,27)36-19-8-6-18(7-9-19)32-21(33)15-31(23(32)35)14-17-10-11-28-13-20(17)30-22(34)29-12-16-4-2-1-3-5-16/h1-11,13H,12,14-15H2,(H2,29,30,34). The second kappa shape index (κ2) is 10.3. The Labute approximate surface area is 203 Å². The van der Waals surface area contributed by atoms with Gasteiger partial charge in [0.2, 0.25) is 0 Å². The van der Waals surface area contributed by atoms with Gasteiger partial charge in [-0.15, -0.1) is 13.2 Å². The van der Waals surface area contributed by atoms with E-state index < -0.39 is 30.1 Å².